The van der Waals surface area contributed by atoms with Crippen molar-refractivity contribution in [1.82, 2.24) is 9.97 Å². The van der Waals surface area contributed by atoms with Crippen LogP contribution in [0.25, 0.3) is 0 Å². The van der Waals surface area contributed by atoms with Crippen molar-refractivity contribution in [3.63, 3.8) is 0 Å². The molecule has 3 rings (SSSR count). The minimum absolute atomic E-state index is 0.0418. The summed E-state index contributed by atoms with van der Waals surface area (Å²) in [5, 5.41) is 2.66. The third-order valence-corrected chi connectivity index (χ3v) is 6.22. The predicted molar refractivity (Wildman–Crippen MR) is 122 cm³/mol. The number of aryl methyl sites for hydroxylation is 1. The van der Waals surface area contributed by atoms with E-state index in [9.17, 15) is 21.6 Å². The first kappa shape index (κ1) is 23.4. The van der Waals surface area contributed by atoms with Crippen LogP contribution in [-0.2, 0) is 20.0 Å². The molecule has 1 aromatic heterocycles. The van der Waals surface area contributed by atoms with Gasteiger partial charge >= 0.3 is 0 Å². The highest BCUT2D eigenvalue weighted by Gasteiger charge is 2.16. The van der Waals surface area contributed by atoms with Crippen LogP contribution < -0.4 is 14.8 Å². The van der Waals surface area contributed by atoms with Crippen LogP contribution in [0.5, 0.6) is 0 Å². The number of sulfonamides is 2. The third kappa shape index (κ3) is 6.15. The molecule has 0 unspecified atom stereocenters. The van der Waals surface area contributed by atoms with Crippen molar-refractivity contribution in [3.05, 3.63) is 71.0 Å². The van der Waals surface area contributed by atoms with Crippen molar-refractivity contribution in [2.75, 3.05) is 21.0 Å². The van der Waals surface area contributed by atoms with Crippen molar-refractivity contribution in [2.24, 2.45) is 0 Å². The minimum Gasteiger partial charge on any atom is -0.322 e. The van der Waals surface area contributed by atoms with Gasteiger partial charge in [-0.3, -0.25) is 9.52 Å². The standard InChI is InChI=1S/C19H18ClN5O5S2/c1-12-9-10-21-19(22-12)25-32(29,30)15-6-4-14(5-7-15)23-18(26)13-3-8-17(16(20)11-13)24-31(2,27)28/h3-11,24H,1-2H3,(H,23,26)(H,21,22,25). The molecule has 0 saturated heterocycles. The largest absolute Gasteiger partial charge is 0.322 e. The number of amides is 1. The van der Waals surface area contributed by atoms with Gasteiger partial charge in [0.25, 0.3) is 15.9 Å². The van der Waals surface area contributed by atoms with Crippen molar-refractivity contribution < 1.29 is 21.6 Å². The Labute approximate surface area is 190 Å². The van der Waals surface area contributed by atoms with Gasteiger partial charge in [0.1, 0.15) is 0 Å². The summed E-state index contributed by atoms with van der Waals surface area (Å²) in [6.45, 7) is 1.71. The quantitative estimate of drug-likeness (QED) is 0.456. The van der Waals surface area contributed by atoms with Gasteiger partial charge in [-0.1, -0.05) is 11.6 Å². The third-order valence-electron chi connectivity index (χ3n) is 3.97. The SMILES string of the molecule is Cc1ccnc(NS(=O)(=O)c2ccc(NC(=O)c3ccc(NS(C)(=O)=O)c(Cl)c3)cc2)n1. The monoisotopic (exact) mass is 495 g/mol. The van der Waals surface area contributed by atoms with E-state index in [-0.39, 0.29) is 27.1 Å². The molecule has 1 heterocycles. The summed E-state index contributed by atoms with van der Waals surface area (Å²) in [5.41, 5.74) is 1.28. The highest BCUT2D eigenvalue weighted by Crippen LogP contribution is 2.24. The number of carbonyl (C=O) groups is 1. The molecule has 0 spiro atoms. The number of anilines is 3. The van der Waals surface area contributed by atoms with Crippen molar-refractivity contribution in [2.45, 2.75) is 11.8 Å². The number of nitrogens with zero attached hydrogens (tertiary/aromatic N) is 2. The Hall–Kier alpha value is -3.22. The maximum absolute atomic E-state index is 12.5. The van der Waals surface area contributed by atoms with E-state index in [4.69, 9.17) is 11.6 Å². The zero-order valence-electron chi connectivity index (χ0n) is 16.8. The van der Waals surface area contributed by atoms with Crippen LogP contribution in [0.4, 0.5) is 17.3 Å². The maximum atomic E-state index is 12.5. The summed E-state index contributed by atoms with van der Waals surface area (Å²) < 4.78 is 52.2. The Morgan fingerprint density at radius 3 is 2.25 bits per heavy atom. The smallest absolute Gasteiger partial charge is 0.264 e. The summed E-state index contributed by atoms with van der Waals surface area (Å²) >= 11 is 6.04. The van der Waals surface area contributed by atoms with E-state index >= 15 is 0 Å². The zero-order valence-corrected chi connectivity index (χ0v) is 19.2. The van der Waals surface area contributed by atoms with Crippen LogP contribution in [0.3, 0.4) is 0 Å². The number of rotatable bonds is 7. The van der Waals surface area contributed by atoms with Crippen molar-refractivity contribution >= 4 is 54.9 Å². The molecule has 0 atom stereocenters. The average Bonchev–Trinajstić information content (AvgIpc) is 2.68. The molecule has 1 amide bonds. The second-order valence-corrected chi connectivity index (χ2v) is 10.5. The number of aromatic nitrogens is 2. The molecule has 0 bridgehead atoms. The zero-order chi connectivity index (χ0) is 23.5. The molecule has 3 aromatic rings. The van der Waals surface area contributed by atoms with E-state index in [2.05, 4.69) is 24.7 Å². The molecule has 0 radical (unpaired) electrons. The highest BCUT2D eigenvalue weighted by molar-refractivity contribution is 7.92. The predicted octanol–water partition coefficient (Wildman–Crippen LogP) is 2.86. The fraction of sp³-hybridized carbons (Fsp3) is 0.105. The van der Waals surface area contributed by atoms with Crippen molar-refractivity contribution in [3.8, 4) is 0 Å². The van der Waals surface area contributed by atoms with Gasteiger partial charge in [0.15, 0.2) is 0 Å². The fourth-order valence-electron chi connectivity index (χ4n) is 2.54. The molecule has 0 saturated carbocycles. The summed E-state index contributed by atoms with van der Waals surface area (Å²) in [6, 6.07) is 11.2. The van der Waals surface area contributed by atoms with Crippen LogP contribution in [0.15, 0.2) is 59.6 Å². The van der Waals surface area contributed by atoms with E-state index in [1.165, 1.54) is 48.7 Å². The molecular formula is C19H18ClN5O5S2. The summed E-state index contributed by atoms with van der Waals surface area (Å²) in [5.74, 6) is -0.562. The lowest BCUT2D eigenvalue weighted by atomic mass is 10.2. The number of carbonyl (C=O) groups excluding carboxylic acids is 1. The normalized spacial score (nSPS) is 11.6. The number of hydrogen-bond acceptors (Lipinski definition) is 7. The lowest BCUT2D eigenvalue weighted by Crippen LogP contribution is -2.16. The highest BCUT2D eigenvalue weighted by atomic mass is 35.5. The van der Waals surface area contributed by atoms with Gasteiger partial charge < -0.3 is 5.32 Å². The Balaban J connectivity index is 1.71. The van der Waals surface area contributed by atoms with E-state index in [0.717, 1.165) is 6.26 Å². The topological polar surface area (TPSA) is 147 Å². The van der Waals surface area contributed by atoms with Crippen LogP contribution >= 0.6 is 11.6 Å². The van der Waals surface area contributed by atoms with Crippen LogP contribution in [0.2, 0.25) is 5.02 Å². The lowest BCUT2D eigenvalue weighted by molar-refractivity contribution is 0.102. The maximum Gasteiger partial charge on any atom is 0.264 e. The number of hydrogen-bond donors (Lipinski definition) is 3. The molecule has 3 N–H and O–H groups in total. The van der Waals surface area contributed by atoms with E-state index in [1.54, 1.807) is 13.0 Å². The minimum atomic E-state index is -3.91. The Morgan fingerprint density at radius 2 is 1.66 bits per heavy atom. The molecule has 10 nitrogen and oxygen atoms in total. The lowest BCUT2D eigenvalue weighted by Gasteiger charge is -2.10. The molecule has 2 aromatic carbocycles. The molecule has 0 aliphatic heterocycles. The van der Waals surface area contributed by atoms with Gasteiger partial charge in [0, 0.05) is 23.1 Å². The molecular weight excluding hydrogens is 478 g/mol. The van der Waals surface area contributed by atoms with Gasteiger partial charge in [-0.2, -0.15) is 0 Å². The summed E-state index contributed by atoms with van der Waals surface area (Å²) in [6.07, 6.45) is 2.42. The summed E-state index contributed by atoms with van der Waals surface area (Å²) in [4.78, 5) is 20.3. The van der Waals surface area contributed by atoms with Gasteiger partial charge in [0.05, 0.1) is 21.9 Å². The average molecular weight is 496 g/mol. The summed E-state index contributed by atoms with van der Waals surface area (Å²) in [7, 11) is -7.43. The Kier molecular flexibility index (Phi) is 6.67. The van der Waals surface area contributed by atoms with E-state index < -0.39 is 26.0 Å². The number of halogens is 1. The Morgan fingerprint density at radius 1 is 0.969 bits per heavy atom. The number of benzene rings is 2. The second kappa shape index (κ2) is 9.10. The first-order valence-corrected chi connectivity index (χ1v) is 12.7. The molecule has 0 aliphatic rings. The van der Waals surface area contributed by atoms with Crippen LogP contribution in [0.1, 0.15) is 16.1 Å². The van der Waals surface area contributed by atoms with Gasteiger partial charge in [-0.05, 0) is 55.5 Å². The van der Waals surface area contributed by atoms with Gasteiger partial charge in [-0.25, -0.2) is 31.5 Å². The van der Waals surface area contributed by atoms with Crippen molar-refractivity contribution in [1.29, 1.82) is 0 Å². The molecule has 0 fully saturated rings. The fourth-order valence-corrected chi connectivity index (χ4v) is 4.35. The first-order valence-electron chi connectivity index (χ1n) is 8.94. The first-order chi connectivity index (χ1) is 14.9. The van der Waals surface area contributed by atoms with Crippen LogP contribution in [0, 0.1) is 6.92 Å². The number of nitrogens with one attached hydrogen (secondary N) is 3. The second-order valence-electron chi connectivity index (χ2n) is 6.67. The molecule has 32 heavy (non-hydrogen) atoms. The molecule has 0 aliphatic carbocycles. The molecule has 168 valence electrons. The Bertz CT molecular complexity index is 1380. The molecule has 13 heteroatoms. The van der Waals surface area contributed by atoms with E-state index in [0.29, 0.717) is 11.4 Å². The van der Waals surface area contributed by atoms with Crippen LogP contribution in [-0.4, -0.2) is 39.0 Å². The van der Waals surface area contributed by atoms with Gasteiger partial charge in [-0.15, -0.1) is 0 Å². The van der Waals surface area contributed by atoms with Gasteiger partial charge in [0.2, 0.25) is 16.0 Å². The van der Waals surface area contributed by atoms with E-state index in [1.807, 2.05) is 0 Å².